The van der Waals surface area contributed by atoms with Crippen LogP contribution in [0.25, 0.3) is 0 Å². The number of hydrogen-bond acceptors (Lipinski definition) is 3. The molecule has 1 aromatic rings. The number of carboxylic acid groups (broad SMARTS) is 1. The topological polar surface area (TPSA) is 58.6 Å². The van der Waals surface area contributed by atoms with Crippen LogP contribution in [-0.2, 0) is 9.63 Å². The number of rotatable bonds is 6. The fourth-order valence-corrected chi connectivity index (χ4v) is 1.31. The van der Waals surface area contributed by atoms with Crippen LogP contribution in [0, 0.1) is 0 Å². The van der Waals surface area contributed by atoms with Crippen molar-refractivity contribution in [2.45, 2.75) is 12.1 Å². The largest absolute Gasteiger partial charge is 0.481 e. The van der Waals surface area contributed by atoms with Gasteiger partial charge in [-0.3, -0.25) is 9.63 Å². The normalized spacial score (nSPS) is 13.3. The molecule has 0 amide bonds. The van der Waals surface area contributed by atoms with Gasteiger partial charge in [-0.15, -0.1) is 0 Å². The molecule has 2 N–H and O–H groups in total. The highest BCUT2D eigenvalue weighted by molar-refractivity contribution is 5.76. The van der Waals surface area contributed by atoms with E-state index >= 15 is 0 Å². The standard InChI is InChI=1S/C11H12F3NO3/c12-11(13,14)7-18-15-6-9(10(16)17)8-4-2-1-3-5-8/h1-5,9,15H,6-7H2,(H,16,17). The zero-order valence-electron chi connectivity index (χ0n) is 9.28. The second-order valence-electron chi connectivity index (χ2n) is 3.55. The molecule has 0 aliphatic carbocycles. The molecule has 0 aromatic heterocycles. The quantitative estimate of drug-likeness (QED) is 0.608. The van der Waals surface area contributed by atoms with E-state index in [9.17, 15) is 18.0 Å². The lowest BCUT2D eigenvalue weighted by molar-refractivity contribution is -0.189. The third kappa shape index (κ3) is 5.15. The van der Waals surface area contributed by atoms with E-state index in [4.69, 9.17) is 5.11 Å². The number of nitrogens with one attached hydrogen (secondary N) is 1. The third-order valence-corrected chi connectivity index (χ3v) is 2.13. The van der Waals surface area contributed by atoms with E-state index in [0.29, 0.717) is 5.56 Å². The maximum atomic E-state index is 11.8. The van der Waals surface area contributed by atoms with Gasteiger partial charge in [-0.1, -0.05) is 30.3 Å². The molecule has 18 heavy (non-hydrogen) atoms. The van der Waals surface area contributed by atoms with Crippen molar-refractivity contribution in [3.8, 4) is 0 Å². The number of halogens is 3. The molecule has 0 bridgehead atoms. The van der Waals surface area contributed by atoms with Gasteiger partial charge in [-0.2, -0.15) is 13.2 Å². The van der Waals surface area contributed by atoms with Gasteiger partial charge in [-0.05, 0) is 5.56 Å². The molecular weight excluding hydrogens is 251 g/mol. The van der Waals surface area contributed by atoms with Crippen LogP contribution >= 0.6 is 0 Å². The van der Waals surface area contributed by atoms with Gasteiger partial charge in [0.05, 0.1) is 5.92 Å². The summed E-state index contributed by atoms with van der Waals surface area (Å²) in [4.78, 5) is 15.1. The molecule has 1 atom stereocenters. The molecule has 0 aliphatic heterocycles. The summed E-state index contributed by atoms with van der Waals surface area (Å²) >= 11 is 0. The van der Waals surface area contributed by atoms with Gasteiger partial charge in [0.1, 0.15) is 0 Å². The Labute approximate surface area is 101 Å². The number of carbonyl (C=O) groups is 1. The fraction of sp³-hybridized carbons (Fsp3) is 0.364. The SMILES string of the molecule is O=C(O)C(CNOCC(F)(F)F)c1ccccc1. The molecule has 100 valence electrons. The second kappa shape index (κ2) is 6.36. The Bertz CT molecular complexity index is 381. The van der Waals surface area contributed by atoms with Gasteiger partial charge >= 0.3 is 12.1 Å². The van der Waals surface area contributed by atoms with Crippen molar-refractivity contribution in [3.63, 3.8) is 0 Å². The molecule has 7 heteroatoms. The van der Waals surface area contributed by atoms with Gasteiger partial charge in [0.25, 0.3) is 0 Å². The van der Waals surface area contributed by atoms with Crippen molar-refractivity contribution in [1.82, 2.24) is 5.48 Å². The Hall–Kier alpha value is -1.60. The van der Waals surface area contributed by atoms with Crippen molar-refractivity contribution in [2.24, 2.45) is 0 Å². The lowest BCUT2D eigenvalue weighted by Gasteiger charge is -2.14. The minimum Gasteiger partial charge on any atom is -0.481 e. The first-order valence-electron chi connectivity index (χ1n) is 5.09. The third-order valence-electron chi connectivity index (χ3n) is 2.13. The van der Waals surface area contributed by atoms with Crippen molar-refractivity contribution < 1.29 is 27.9 Å². The van der Waals surface area contributed by atoms with Gasteiger partial charge in [-0.25, -0.2) is 5.48 Å². The van der Waals surface area contributed by atoms with E-state index in [0.717, 1.165) is 0 Å². The first kappa shape index (κ1) is 14.5. The lowest BCUT2D eigenvalue weighted by Crippen LogP contribution is -2.30. The Morgan fingerprint density at radius 1 is 1.33 bits per heavy atom. The number of hydrogen-bond donors (Lipinski definition) is 2. The van der Waals surface area contributed by atoms with Crippen molar-refractivity contribution in [3.05, 3.63) is 35.9 Å². The van der Waals surface area contributed by atoms with E-state index in [1.807, 2.05) is 5.48 Å². The van der Waals surface area contributed by atoms with Crippen LogP contribution in [0.4, 0.5) is 13.2 Å². The average Bonchev–Trinajstić information content (AvgIpc) is 2.28. The lowest BCUT2D eigenvalue weighted by atomic mass is 10.00. The Morgan fingerprint density at radius 3 is 2.44 bits per heavy atom. The molecule has 1 rings (SSSR count). The van der Waals surface area contributed by atoms with Crippen LogP contribution in [0.2, 0.25) is 0 Å². The minimum atomic E-state index is -4.45. The summed E-state index contributed by atoms with van der Waals surface area (Å²) in [5.41, 5.74) is 2.51. The summed E-state index contributed by atoms with van der Waals surface area (Å²) in [7, 11) is 0. The Balaban J connectivity index is 2.48. The van der Waals surface area contributed by atoms with E-state index < -0.39 is 24.7 Å². The summed E-state index contributed by atoms with van der Waals surface area (Å²) in [5, 5.41) is 8.97. The minimum absolute atomic E-state index is 0.241. The predicted octanol–water partition coefficient (Wildman–Crippen LogP) is 1.94. The molecule has 0 saturated carbocycles. The zero-order chi connectivity index (χ0) is 13.6. The monoisotopic (exact) mass is 263 g/mol. The molecule has 4 nitrogen and oxygen atoms in total. The first-order valence-corrected chi connectivity index (χ1v) is 5.09. The maximum Gasteiger partial charge on any atom is 0.413 e. The van der Waals surface area contributed by atoms with Gasteiger partial charge in [0.15, 0.2) is 6.61 Å². The van der Waals surface area contributed by atoms with Crippen molar-refractivity contribution in [1.29, 1.82) is 0 Å². The van der Waals surface area contributed by atoms with Crippen LogP contribution in [0.3, 0.4) is 0 Å². The van der Waals surface area contributed by atoms with Gasteiger partial charge in [0.2, 0.25) is 0 Å². The maximum absolute atomic E-state index is 11.8. The molecule has 0 fully saturated rings. The molecule has 1 unspecified atom stereocenters. The number of aliphatic carboxylic acids is 1. The van der Waals surface area contributed by atoms with E-state index in [1.54, 1.807) is 30.3 Å². The van der Waals surface area contributed by atoms with Crippen LogP contribution in [0.15, 0.2) is 30.3 Å². The van der Waals surface area contributed by atoms with Gasteiger partial charge in [0, 0.05) is 6.54 Å². The molecule has 0 aliphatic rings. The highest BCUT2D eigenvalue weighted by Gasteiger charge is 2.28. The molecule has 0 saturated heterocycles. The van der Waals surface area contributed by atoms with E-state index in [-0.39, 0.29) is 6.54 Å². The summed E-state index contributed by atoms with van der Waals surface area (Å²) in [6.45, 7) is -1.70. The van der Waals surface area contributed by atoms with Crippen LogP contribution < -0.4 is 5.48 Å². The summed E-state index contributed by atoms with van der Waals surface area (Å²) in [6.07, 6.45) is -4.45. The van der Waals surface area contributed by atoms with Crippen LogP contribution in [-0.4, -0.2) is 30.4 Å². The number of carboxylic acids is 1. The molecule has 1 aromatic carbocycles. The van der Waals surface area contributed by atoms with Crippen molar-refractivity contribution in [2.75, 3.05) is 13.2 Å². The number of alkyl halides is 3. The summed E-state index contributed by atoms with van der Waals surface area (Å²) < 4.78 is 35.3. The van der Waals surface area contributed by atoms with Crippen LogP contribution in [0.1, 0.15) is 11.5 Å². The Kier molecular flexibility index (Phi) is 5.11. The second-order valence-corrected chi connectivity index (χ2v) is 3.55. The van der Waals surface area contributed by atoms with Crippen molar-refractivity contribution >= 4 is 5.97 Å². The smallest absolute Gasteiger partial charge is 0.413 e. The highest BCUT2D eigenvalue weighted by Crippen LogP contribution is 2.16. The molecule has 0 spiro atoms. The zero-order valence-corrected chi connectivity index (χ0v) is 9.28. The highest BCUT2D eigenvalue weighted by atomic mass is 19.4. The van der Waals surface area contributed by atoms with E-state index in [1.165, 1.54) is 0 Å². The number of benzene rings is 1. The van der Waals surface area contributed by atoms with Crippen LogP contribution in [0.5, 0.6) is 0 Å². The average molecular weight is 263 g/mol. The summed E-state index contributed by atoms with van der Waals surface area (Å²) in [6, 6.07) is 8.20. The van der Waals surface area contributed by atoms with E-state index in [2.05, 4.69) is 4.84 Å². The Morgan fingerprint density at radius 2 is 1.94 bits per heavy atom. The summed E-state index contributed by atoms with van der Waals surface area (Å²) in [5.74, 6) is -2.09. The number of hydroxylamine groups is 1. The molecular formula is C11H12F3NO3. The molecule has 0 heterocycles. The fourth-order valence-electron chi connectivity index (χ4n) is 1.31. The molecule has 0 radical (unpaired) electrons. The van der Waals surface area contributed by atoms with Gasteiger partial charge < -0.3 is 5.11 Å². The first-order chi connectivity index (χ1) is 8.40. The predicted molar refractivity (Wildman–Crippen MR) is 56.8 cm³/mol.